The summed E-state index contributed by atoms with van der Waals surface area (Å²) in [5.41, 5.74) is 1.71. The molecule has 5 rings (SSSR count). The first-order chi connectivity index (χ1) is 12.7. The molecule has 0 radical (unpaired) electrons. The molecule has 0 unspecified atom stereocenters. The highest BCUT2D eigenvalue weighted by molar-refractivity contribution is 5.69. The Morgan fingerprint density at radius 1 is 0.846 bits per heavy atom. The van der Waals surface area contributed by atoms with Crippen LogP contribution in [-0.2, 0) is 5.60 Å². The maximum Gasteiger partial charge on any atom is 0.270 e. The molecule has 3 aromatic rings. The molecule has 0 bridgehead atoms. The van der Waals surface area contributed by atoms with Crippen molar-refractivity contribution in [1.82, 2.24) is 0 Å². The molecular weight excluding hydrogens is 330 g/mol. The Morgan fingerprint density at radius 2 is 1.50 bits per heavy atom. The summed E-state index contributed by atoms with van der Waals surface area (Å²) in [5.74, 6) is 2.08. The van der Waals surface area contributed by atoms with Crippen molar-refractivity contribution in [1.29, 1.82) is 0 Å². The Hall–Kier alpha value is -3.60. The largest absolute Gasteiger partial charge is 0.473 e. The number of para-hydroxylation sites is 2. The van der Waals surface area contributed by atoms with Gasteiger partial charge in [0.1, 0.15) is 17.2 Å². The fraction of sp³-hybridized carbons (Fsp3) is 0.0476. The maximum absolute atomic E-state index is 11.0. The van der Waals surface area contributed by atoms with Crippen LogP contribution in [0.1, 0.15) is 16.7 Å². The highest BCUT2D eigenvalue weighted by atomic mass is 16.6. The molecule has 26 heavy (non-hydrogen) atoms. The summed E-state index contributed by atoms with van der Waals surface area (Å²) in [6, 6.07) is 20.1. The van der Waals surface area contributed by atoms with E-state index in [-0.39, 0.29) is 5.69 Å². The highest BCUT2D eigenvalue weighted by Gasteiger charge is 2.44. The van der Waals surface area contributed by atoms with Gasteiger partial charge in [-0.1, -0.05) is 42.5 Å². The molecular formula is C21H13NO4. The summed E-state index contributed by atoms with van der Waals surface area (Å²) in [5, 5.41) is 11.0. The maximum atomic E-state index is 11.0. The number of fused-ring (bicyclic) bond motifs is 5. The van der Waals surface area contributed by atoms with E-state index in [0.29, 0.717) is 11.3 Å². The highest BCUT2D eigenvalue weighted by Crippen LogP contribution is 2.52. The molecule has 0 atom stereocenters. The van der Waals surface area contributed by atoms with Crippen LogP contribution in [0.3, 0.4) is 0 Å². The lowest BCUT2D eigenvalue weighted by Gasteiger charge is -2.40. The quantitative estimate of drug-likeness (QED) is 0.458. The number of rotatable bonds is 1. The van der Waals surface area contributed by atoms with Gasteiger partial charge in [-0.15, -0.1) is 0 Å². The molecule has 5 nitrogen and oxygen atoms in total. The van der Waals surface area contributed by atoms with E-state index in [1.54, 1.807) is 6.07 Å². The number of nitro benzene ring substituents is 1. The van der Waals surface area contributed by atoms with Crippen LogP contribution >= 0.6 is 0 Å². The Balaban J connectivity index is 1.73. The molecule has 0 aromatic heterocycles. The number of benzene rings is 3. The van der Waals surface area contributed by atoms with Crippen molar-refractivity contribution in [2.75, 3.05) is 0 Å². The average Bonchev–Trinajstić information content (AvgIpc) is 2.68. The summed E-state index contributed by atoms with van der Waals surface area (Å²) in [4.78, 5) is 10.6. The third-order valence-electron chi connectivity index (χ3n) is 4.77. The van der Waals surface area contributed by atoms with Crippen molar-refractivity contribution in [2.24, 2.45) is 0 Å². The summed E-state index contributed by atoms with van der Waals surface area (Å²) in [6.07, 6.45) is 3.82. The Bertz CT molecular complexity index is 1040. The molecule has 5 heteroatoms. The van der Waals surface area contributed by atoms with Crippen LogP contribution in [0.4, 0.5) is 5.69 Å². The molecule has 0 saturated carbocycles. The van der Waals surface area contributed by atoms with Gasteiger partial charge in [0.05, 0.1) is 4.92 Å². The van der Waals surface area contributed by atoms with E-state index in [1.807, 2.05) is 60.7 Å². The minimum Gasteiger partial charge on any atom is -0.473 e. The number of nitrogens with zero attached hydrogens (tertiary/aromatic N) is 1. The van der Waals surface area contributed by atoms with E-state index in [1.165, 1.54) is 12.1 Å². The minimum absolute atomic E-state index is 0.0423. The standard InChI is InChI=1S/C21H13NO4/c23-22(24)15-9-10-18-14(13-15)11-12-21(26-18)16-5-1-3-7-19(16)25-20-8-4-2-6-17(20)21/h1-13H. The van der Waals surface area contributed by atoms with Crippen molar-refractivity contribution in [2.45, 2.75) is 5.60 Å². The second kappa shape index (κ2) is 5.20. The van der Waals surface area contributed by atoms with Gasteiger partial charge in [0, 0.05) is 28.8 Å². The second-order valence-corrected chi connectivity index (χ2v) is 6.24. The molecule has 0 aliphatic carbocycles. The third kappa shape index (κ3) is 1.97. The monoisotopic (exact) mass is 343 g/mol. The predicted octanol–water partition coefficient (Wildman–Crippen LogP) is 5.05. The van der Waals surface area contributed by atoms with E-state index in [2.05, 4.69) is 0 Å². The van der Waals surface area contributed by atoms with Gasteiger partial charge in [-0.05, 0) is 24.3 Å². The molecule has 0 fully saturated rings. The van der Waals surface area contributed by atoms with E-state index >= 15 is 0 Å². The zero-order valence-corrected chi connectivity index (χ0v) is 13.6. The fourth-order valence-electron chi connectivity index (χ4n) is 3.57. The first kappa shape index (κ1) is 14.7. The number of non-ortho nitro benzene ring substituents is 1. The van der Waals surface area contributed by atoms with Crippen molar-refractivity contribution in [3.8, 4) is 17.2 Å². The molecule has 2 aliphatic rings. The summed E-state index contributed by atoms with van der Waals surface area (Å²) >= 11 is 0. The van der Waals surface area contributed by atoms with Crippen LogP contribution in [0.15, 0.2) is 72.8 Å². The molecule has 1 spiro atoms. The molecule has 126 valence electrons. The third-order valence-corrected chi connectivity index (χ3v) is 4.77. The van der Waals surface area contributed by atoms with Gasteiger partial charge in [-0.2, -0.15) is 0 Å². The molecule has 3 aromatic carbocycles. The van der Waals surface area contributed by atoms with Gasteiger partial charge >= 0.3 is 0 Å². The lowest BCUT2D eigenvalue weighted by atomic mass is 9.81. The van der Waals surface area contributed by atoms with E-state index in [4.69, 9.17) is 9.47 Å². The molecule has 0 saturated heterocycles. The van der Waals surface area contributed by atoms with Crippen LogP contribution in [0.25, 0.3) is 6.08 Å². The van der Waals surface area contributed by atoms with Crippen molar-refractivity contribution in [3.05, 3.63) is 99.6 Å². The topological polar surface area (TPSA) is 61.6 Å². The normalized spacial score (nSPS) is 15.2. The van der Waals surface area contributed by atoms with Gasteiger partial charge in [0.25, 0.3) is 5.69 Å². The number of nitro groups is 1. The smallest absolute Gasteiger partial charge is 0.270 e. The van der Waals surface area contributed by atoms with E-state index in [9.17, 15) is 10.1 Å². The van der Waals surface area contributed by atoms with Crippen LogP contribution in [0, 0.1) is 10.1 Å². The van der Waals surface area contributed by atoms with Gasteiger partial charge in [0.15, 0.2) is 5.60 Å². The first-order valence-electron chi connectivity index (χ1n) is 8.21. The molecule has 0 amide bonds. The zero-order chi connectivity index (χ0) is 17.7. The van der Waals surface area contributed by atoms with E-state index < -0.39 is 10.5 Å². The number of hydrogen-bond acceptors (Lipinski definition) is 4. The van der Waals surface area contributed by atoms with Crippen LogP contribution < -0.4 is 9.47 Å². The van der Waals surface area contributed by atoms with Crippen molar-refractivity contribution >= 4 is 11.8 Å². The molecule has 0 N–H and O–H groups in total. The zero-order valence-electron chi connectivity index (χ0n) is 13.6. The minimum atomic E-state index is -0.825. The number of hydrogen-bond donors (Lipinski definition) is 0. The first-order valence-corrected chi connectivity index (χ1v) is 8.21. The predicted molar refractivity (Wildman–Crippen MR) is 96.5 cm³/mol. The van der Waals surface area contributed by atoms with E-state index in [0.717, 1.165) is 22.6 Å². The fourth-order valence-corrected chi connectivity index (χ4v) is 3.57. The summed E-state index contributed by atoms with van der Waals surface area (Å²) < 4.78 is 12.5. The van der Waals surface area contributed by atoms with Crippen molar-refractivity contribution in [3.63, 3.8) is 0 Å². The summed E-state index contributed by atoms with van der Waals surface area (Å²) in [6.45, 7) is 0. The average molecular weight is 343 g/mol. The Labute approximate surface area is 149 Å². The Morgan fingerprint density at radius 3 is 2.15 bits per heavy atom. The van der Waals surface area contributed by atoms with Crippen LogP contribution in [0.5, 0.6) is 17.2 Å². The lowest BCUT2D eigenvalue weighted by molar-refractivity contribution is -0.384. The van der Waals surface area contributed by atoms with Crippen LogP contribution in [0.2, 0.25) is 0 Å². The van der Waals surface area contributed by atoms with Crippen LogP contribution in [-0.4, -0.2) is 4.92 Å². The number of ether oxygens (including phenoxy) is 2. The van der Waals surface area contributed by atoms with Gasteiger partial charge in [-0.3, -0.25) is 10.1 Å². The SMILES string of the molecule is O=[N+]([O-])c1ccc2c(c1)C=CC1(O2)c2ccccc2Oc2ccccc21. The summed E-state index contributed by atoms with van der Waals surface area (Å²) in [7, 11) is 0. The van der Waals surface area contributed by atoms with Gasteiger partial charge in [0.2, 0.25) is 0 Å². The Kier molecular flexibility index (Phi) is 2.94. The van der Waals surface area contributed by atoms with Gasteiger partial charge < -0.3 is 9.47 Å². The van der Waals surface area contributed by atoms with Crippen molar-refractivity contribution < 1.29 is 14.4 Å². The molecule has 2 heterocycles. The second-order valence-electron chi connectivity index (χ2n) is 6.24. The van der Waals surface area contributed by atoms with Gasteiger partial charge in [-0.25, -0.2) is 0 Å². The lowest BCUT2D eigenvalue weighted by Crippen LogP contribution is -2.36. The molecule has 2 aliphatic heterocycles.